The fourth-order valence-electron chi connectivity index (χ4n) is 2.51. The zero-order valence-electron chi connectivity index (χ0n) is 13.5. The number of alkyl halides is 2. The van der Waals surface area contributed by atoms with Gasteiger partial charge in [0.2, 0.25) is 0 Å². The van der Waals surface area contributed by atoms with E-state index >= 15 is 0 Å². The van der Waals surface area contributed by atoms with E-state index in [9.17, 15) is 19.7 Å². The second-order valence-corrected chi connectivity index (χ2v) is 8.31. The van der Waals surface area contributed by atoms with E-state index in [4.69, 9.17) is 38.2 Å². The van der Waals surface area contributed by atoms with Crippen molar-refractivity contribution in [3.05, 3.63) is 12.7 Å². The number of rotatable bonds is 7. The van der Waals surface area contributed by atoms with Crippen LogP contribution in [0, 0.1) is 0 Å². The molecule has 1 aliphatic rings. The van der Waals surface area contributed by atoms with Gasteiger partial charge < -0.3 is 25.6 Å². The number of anilines is 1. The van der Waals surface area contributed by atoms with Crippen LogP contribution in [0.3, 0.4) is 0 Å². The molecule has 27 heavy (non-hydrogen) atoms. The first kappa shape index (κ1) is 20.6. The van der Waals surface area contributed by atoms with Crippen molar-refractivity contribution >= 4 is 48.0 Å². The predicted octanol–water partition coefficient (Wildman–Crippen LogP) is -0.0350. The number of phosphoric ester groups is 1. The third kappa shape index (κ3) is 4.50. The highest BCUT2D eigenvalue weighted by Gasteiger charge is 2.45. The van der Waals surface area contributed by atoms with Crippen LogP contribution in [0.2, 0.25) is 0 Å². The summed E-state index contributed by atoms with van der Waals surface area (Å²) in [4.78, 5) is 20.4. The molecule has 1 saturated heterocycles. The summed E-state index contributed by atoms with van der Waals surface area (Å²) < 4.78 is 28.0. The minimum atomic E-state index is -4.47. The van der Waals surface area contributed by atoms with Gasteiger partial charge in [0.25, 0.3) is 0 Å². The molecule has 0 saturated carbocycles. The minimum Gasteiger partial charge on any atom is -0.387 e. The number of nitrogens with zero attached hydrogens (tertiary/aromatic N) is 4. The monoisotopic (exact) mass is 443 g/mol. The first-order valence-corrected chi connectivity index (χ1v) is 9.91. The lowest BCUT2D eigenvalue weighted by Crippen LogP contribution is -2.33. The molecule has 2 aromatic heterocycles. The molecule has 0 bridgehead atoms. The summed E-state index contributed by atoms with van der Waals surface area (Å²) in [5.74, 6) is 0.141. The topological polar surface area (TPSA) is 175 Å². The van der Waals surface area contributed by atoms with Gasteiger partial charge in [-0.2, -0.15) is 0 Å². The average Bonchev–Trinajstić information content (AvgIpc) is 3.15. The molecule has 5 N–H and O–H groups in total. The number of nitrogen functional groups attached to an aromatic ring is 1. The molecule has 2 aromatic rings. The Morgan fingerprint density at radius 3 is 2.74 bits per heavy atom. The smallest absolute Gasteiger partial charge is 0.387 e. The van der Waals surface area contributed by atoms with Gasteiger partial charge in [-0.25, -0.2) is 19.5 Å². The summed E-state index contributed by atoms with van der Waals surface area (Å²) in [6.07, 6.45) is -2.48. The summed E-state index contributed by atoms with van der Waals surface area (Å²) in [6.45, 7) is -0.972. The number of nitrogens with two attached hydrogens (primary N) is 1. The number of aromatic nitrogens is 4. The van der Waals surface area contributed by atoms with Gasteiger partial charge in [-0.15, -0.1) is 23.2 Å². The highest BCUT2D eigenvalue weighted by Crippen LogP contribution is 2.45. The summed E-state index contributed by atoms with van der Waals surface area (Å²) in [5, 5.41) is 20.5. The second-order valence-electron chi connectivity index (χ2n) is 5.58. The second kappa shape index (κ2) is 8.11. The molecule has 0 amide bonds. The van der Waals surface area contributed by atoms with E-state index in [0.29, 0.717) is 5.52 Å². The zero-order valence-corrected chi connectivity index (χ0v) is 15.9. The maximum absolute atomic E-state index is 11.7. The molecular formula is C12H16Cl2N5O7P. The molecule has 12 nitrogen and oxygen atoms in total. The van der Waals surface area contributed by atoms with E-state index in [1.54, 1.807) is 0 Å². The highest BCUT2D eigenvalue weighted by molar-refractivity contribution is 7.47. The molecule has 1 aliphatic heterocycles. The first-order chi connectivity index (χ1) is 12.7. The molecule has 1 unspecified atom stereocenters. The Hall–Kier alpha value is -1.08. The van der Waals surface area contributed by atoms with Crippen molar-refractivity contribution in [3.63, 3.8) is 0 Å². The lowest BCUT2D eigenvalue weighted by atomic mass is 10.1. The van der Waals surface area contributed by atoms with E-state index < -0.39 is 50.4 Å². The van der Waals surface area contributed by atoms with Gasteiger partial charge in [0, 0.05) is 0 Å². The molecular weight excluding hydrogens is 428 g/mol. The Kier molecular flexibility index (Phi) is 6.21. The van der Waals surface area contributed by atoms with Gasteiger partial charge in [0.1, 0.15) is 35.0 Å². The maximum Gasteiger partial charge on any atom is 0.472 e. The van der Waals surface area contributed by atoms with Crippen molar-refractivity contribution in [1.29, 1.82) is 0 Å². The molecule has 0 radical (unpaired) electrons. The van der Waals surface area contributed by atoms with Crippen LogP contribution in [0.15, 0.2) is 12.7 Å². The summed E-state index contributed by atoms with van der Waals surface area (Å²) in [6, 6.07) is 0. The summed E-state index contributed by atoms with van der Waals surface area (Å²) in [5.41, 5.74) is 6.29. The van der Waals surface area contributed by atoms with Crippen LogP contribution in [-0.2, 0) is 18.3 Å². The molecule has 15 heteroatoms. The van der Waals surface area contributed by atoms with Crippen molar-refractivity contribution in [1.82, 2.24) is 19.5 Å². The number of hydrogen-bond acceptors (Lipinski definition) is 10. The summed E-state index contributed by atoms with van der Waals surface area (Å²) >= 11 is 10.8. The van der Waals surface area contributed by atoms with Gasteiger partial charge >= 0.3 is 7.82 Å². The number of halogens is 2. The van der Waals surface area contributed by atoms with Crippen LogP contribution in [0.5, 0.6) is 0 Å². The number of imidazole rings is 1. The number of hydrogen-bond donors (Lipinski definition) is 4. The highest BCUT2D eigenvalue weighted by atomic mass is 35.5. The molecule has 0 aromatic carbocycles. The average molecular weight is 444 g/mol. The molecule has 0 spiro atoms. The van der Waals surface area contributed by atoms with Gasteiger partial charge in [-0.1, -0.05) is 0 Å². The van der Waals surface area contributed by atoms with Crippen LogP contribution in [-0.4, -0.2) is 71.0 Å². The number of aliphatic hydroxyl groups excluding tert-OH is 2. The Labute approximate surface area is 162 Å². The first-order valence-electron chi connectivity index (χ1n) is 7.54. The summed E-state index contributed by atoms with van der Waals surface area (Å²) in [7, 11) is -4.47. The third-order valence-electron chi connectivity index (χ3n) is 3.76. The van der Waals surface area contributed by atoms with E-state index in [0.717, 1.165) is 0 Å². The minimum absolute atomic E-state index is 0.141. The van der Waals surface area contributed by atoms with Gasteiger partial charge in [0.15, 0.2) is 17.7 Å². The molecule has 3 heterocycles. The molecule has 1 fully saturated rings. The third-order valence-corrected chi connectivity index (χ3v) is 4.97. The Bertz CT molecular complexity index is 855. The fraction of sp³-hybridized carbons (Fsp3) is 0.583. The van der Waals surface area contributed by atoms with E-state index in [1.165, 1.54) is 17.2 Å². The van der Waals surface area contributed by atoms with Crippen molar-refractivity contribution in [3.8, 4) is 0 Å². The SMILES string of the molecule is Nc1ncnc2c1ncn2[C@@H]1O[C@H](COP(=O)(O)OCC(Cl)Cl)[C@@H](O)[C@H]1O. The number of fused-ring (bicyclic) bond motifs is 1. The van der Waals surface area contributed by atoms with Crippen LogP contribution in [0.1, 0.15) is 6.23 Å². The van der Waals surface area contributed by atoms with Crippen LogP contribution in [0.25, 0.3) is 11.2 Å². The standard InChI is InChI=1S/C12H16Cl2N5O7P/c13-6(14)2-25-27(22,23)24-1-5-8(20)9(21)12(26-5)19-4-18-7-10(15)16-3-17-11(7)19/h3-6,8-9,12,20-21H,1-2H2,(H,22,23)(H2,15,16,17)/t5-,8-,9-,12-/m1/s1. The normalized spacial score (nSPS) is 28.1. The number of aliphatic hydroxyl groups is 2. The fourth-order valence-corrected chi connectivity index (χ4v) is 3.56. The van der Waals surface area contributed by atoms with Crippen molar-refractivity contribution < 1.29 is 33.5 Å². The number of phosphoric acid groups is 1. The quantitative estimate of drug-likeness (QED) is 0.333. The molecule has 5 atom stereocenters. The van der Waals surface area contributed by atoms with Crippen LogP contribution >= 0.6 is 31.0 Å². The van der Waals surface area contributed by atoms with Crippen molar-refractivity contribution in [2.75, 3.05) is 18.9 Å². The predicted molar refractivity (Wildman–Crippen MR) is 92.9 cm³/mol. The Morgan fingerprint density at radius 2 is 2.04 bits per heavy atom. The molecule has 3 rings (SSSR count). The van der Waals surface area contributed by atoms with E-state index in [1.807, 2.05) is 0 Å². The van der Waals surface area contributed by atoms with Crippen LogP contribution < -0.4 is 5.73 Å². The van der Waals surface area contributed by atoms with E-state index in [-0.39, 0.29) is 11.5 Å². The van der Waals surface area contributed by atoms with Crippen LogP contribution in [0.4, 0.5) is 5.82 Å². The van der Waals surface area contributed by atoms with Crippen molar-refractivity contribution in [2.24, 2.45) is 0 Å². The zero-order chi connectivity index (χ0) is 19.8. The Morgan fingerprint density at radius 1 is 1.30 bits per heavy atom. The lowest BCUT2D eigenvalue weighted by Gasteiger charge is -2.17. The molecule has 0 aliphatic carbocycles. The largest absolute Gasteiger partial charge is 0.472 e. The van der Waals surface area contributed by atoms with Crippen molar-refractivity contribution in [2.45, 2.75) is 29.4 Å². The Balaban J connectivity index is 1.70. The van der Waals surface area contributed by atoms with Gasteiger partial charge in [-0.3, -0.25) is 13.6 Å². The van der Waals surface area contributed by atoms with Gasteiger partial charge in [0.05, 0.1) is 19.5 Å². The lowest BCUT2D eigenvalue weighted by molar-refractivity contribution is -0.0513. The maximum atomic E-state index is 11.7. The van der Waals surface area contributed by atoms with E-state index in [2.05, 4.69) is 19.5 Å². The number of ether oxygens (including phenoxy) is 1. The van der Waals surface area contributed by atoms with Gasteiger partial charge in [-0.05, 0) is 0 Å². The molecule has 150 valence electrons.